The largest absolute Gasteiger partial charge is 0.325 e. The molecule has 1 aliphatic heterocycles. The Balaban J connectivity index is 1.52. The average Bonchev–Trinajstić information content (AvgIpc) is 2.59. The van der Waals surface area contributed by atoms with Crippen molar-refractivity contribution < 1.29 is 4.79 Å². The first-order valence-electron chi connectivity index (χ1n) is 8.14. The molecule has 24 heavy (non-hydrogen) atoms. The first-order valence-corrected chi connectivity index (χ1v) is 9.32. The summed E-state index contributed by atoms with van der Waals surface area (Å²) in [6.45, 7) is 2.68. The van der Waals surface area contributed by atoms with Gasteiger partial charge in [-0.3, -0.25) is 9.69 Å². The number of rotatable bonds is 4. The SMILES string of the molecule is O=C(Nc1ccccc1Br)C1CCN(Cc2ccccc2Cl)CC1. The molecule has 0 unspecified atom stereocenters. The molecule has 1 amide bonds. The maximum Gasteiger partial charge on any atom is 0.227 e. The third kappa shape index (κ3) is 4.38. The molecule has 1 aliphatic rings. The van der Waals surface area contributed by atoms with Crippen LogP contribution in [0.5, 0.6) is 0 Å². The summed E-state index contributed by atoms with van der Waals surface area (Å²) in [7, 11) is 0. The average molecular weight is 408 g/mol. The Kier molecular flexibility index (Phi) is 5.93. The highest BCUT2D eigenvalue weighted by Gasteiger charge is 2.25. The van der Waals surface area contributed by atoms with Crippen molar-refractivity contribution in [3.05, 3.63) is 63.6 Å². The Bertz CT molecular complexity index is 714. The van der Waals surface area contributed by atoms with Crippen LogP contribution in [0.4, 0.5) is 5.69 Å². The summed E-state index contributed by atoms with van der Waals surface area (Å²) in [5.74, 6) is 0.180. The van der Waals surface area contributed by atoms with Crippen molar-refractivity contribution in [1.82, 2.24) is 4.90 Å². The van der Waals surface area contributed by atoms with Crippen molar-refractivity contribution in [2.24, 2.45) is 5.92 Å². The predicted octanol–water partition coefficient (Wildman–Crippen LogP) is 4.95. The van der Waals surface area contributed by atoms with E-state index in [-0.39, 0.29) is 11.8 Å². The first kappa shape index (κ1) is 17.5. The zero-order valence-corrected chi connectivity index (χ0v) is 15.7. The summed E-state index contributed by atoms with van der Waals surface area (Å²) in [5.41, 5.74) is 1.98. The van der Waals surface area contributed by atoms with Crippen LogP contribution < -0.4 is 5.32 Å². The fourth-order valence-electron chi connectivity index (χ4n) is 3.02. The molecule has 2 aromatic rings. The number of likely N-dealkylation sites (tertiary alicyclic amines) is 1. The minimum Gasteiger partial charge on any atom is -0.325 e. The van der Waals surface area contributed by atoms with Crippen LogP contribution in [0.1, 0.15) is 18.4 Å². The molecule has 0 spiro atoms. The molecular formula is C19H20BrClN2O. The van der Waals surface area contributed by atoms with E-state index < -0.39 is 0 Å². The molecule has 1 fully saturated rings. The van der Waals surface area contributed by atoms with Crippen molar-refractivity contribution in [1.29, 1.82) is 0 Å². The fourth-order valence-corrected chi connectivity index (χ4v) is 3.60. The van der Waals surface area contributed by atoms with E-state index in [4.69, 9.17) is 11.6 Å². The van der Waals surface area contributed by atoms with Crippen LogP contribution in [0.3, 0.4) is 0 Å². The van der Waals surface area contributed by atoms with E-state index in [1.165, 1.54) is 0 Å². The number of piperidine rings is 1. The highest BCUT2D eigenvalue weighted by atomic mass is 79.9. The molecule has 0 aromatic heterocycles. The number of anilines is 1. The molecule has 1 saturated heterocycles. The van der Waals surface area contributed by atoms with Crippen LogP contribution in [-0.2, 0) is 11.3 Å². The Morgan fingerprint density at radius 1 is 1.12 bits per heavy atom. The minimum absolute atomic E-state index is 0.0691. The first-order chi connectivity index (χ1) is 11.6. The van der Waals surface area contributed by atoms with Gasteiger partial charge in [-0.2, -0.15) is 0 Å². The highest BCUT2D eigenvalue weighted by molar-refractivity contribution is 9.10. The van der Waals surface area contributed by atoms with Gasteiger partial charge >= 0.3 is 0 Å². The summed E-state index contributed by atoms with van der Waals surface area (Å²) >= 11 is 9.70. The van der Waals surface area contributed by atoms with Crippen molar-refractivity contribution in [3.8, 4) is 0 Å². The summed E-state index contributed by atoms with van der Waals surface area (Å²) in [4.78, 5) is 14.8. The summed E-state index contributed by atoms with van der Waals surface area (Å²) < 4.78 is 0.912. The van der Waals surface area contributed by atoms with Gasteiger partial charge in [-0.15, -0.1) is 0 Å². The number of hydrogen-bond acceptors (Lipinski definition) is 2. The van der Waals surface area contributed by atoms with Gasteiger partial charge in [0.2, 0.25) is 5.91 Å². The van der Waals surface area contributed by atoms with Crippen LogP contribution in [0.25, 0.3) is 0 Å². The van der Waals surface area contributed by atoms with Gasteiger partial charge in [-0.25, -0.2) is 0 Å². The number of para-hydroxylation sites is 1. The molecule has 126 valence electrons. The number of hydrogen-bond donors (Lipinski definition) is 1. The van der Waals surface area contributed by atoms with Crippen molar-refractivity contribution in [3.63, 3.8) is 0 Å². The van der Waals surface area contributed by atoms with E-state index in [1.54, 1.807) is 0 Å². The molecule has 0 bridgehead atoms. The van der Waals surface area contributed by atoms with Gasteiger partial charge in [0, 0.05) is 22.0 Å². The summed E-state index contributed by atoms with van der Waals surface area (Å²) in [5, 5.41) is 3.84. The molecule has 1 N–H and O–H groups in total. The lowest BCUT2D eigenvalue weighted by Gasteiger charge is -2.31. The van der Waals surface area contributed by atoms with Crippen LogP contribution in [-0.4, -0.2) is 23.9 Å². The fraction of sp³-hybridized carbons (Fsp3) is 0.316. The lowest BCUT2D eigenvalue weighted by atomic mass is 9.95. The summed E-state index contributed by atoms with van der Waals surface area (Å²) in [6.07, 6.45) is 1.75. The summed E-state index contributed by atoms with van der Waals surface area (Å²) in [6, 6.07) is 15.7. The molecule has 2 aromatic carbocycles. The third-order valence-corrected chi connectivity index (χ3v) is 5.50. The molecule has 0 aliphatic carbocycles. The maximum atomic E-state index is 12.5. The number of carbonyl (C=O) groups is 1. The second kappa shape index (κ2) is 8.15. The molecule has 3 nitrogen and oxygen atoms in total. The number of carbonyl (C=O) groups excluding carboxylic acids is 1. The second-order valence-electron chi connectivity index (χ2n) is 6.11. The molecule has 0 saturated carbocycles. The number of benzene rings is 2. The van der Waals surface area contributed by atoms with Crippen LogP contribution in [0.2, 0.25) is 5.02 Å². The molecule has 1 heterocycles. The Labute approximate surface area is 156 Å². The van der Waals surface area contributed by atoms with Gasteiger partial charge < -0.3 is 5.32 Å². The third-order valence-electron chi connectivity index (χ3n) is 4.44. The van der Waals surface area contributed by atoms with Gasteiger partial charge in [-0.05, 0) is 65.6 Å². The number of halogens is 2. The van der Waals surface area contributed by atoms with Crippen molar-refractivity contribution >= 4 is 39.1 Å². The van der Waals surface area contributed by atoms with E-state index in [0.29, 0.717) is 0 Å². The van der Waals surface area contributed by atoms with Crippen LogP contribution in [0, 0.1) is 5.92 Å². The standard InChI is InChI=1S/C19H20BrClN2O/c20-16-6-2-4-8-18(16)22-19(24)14-9-11-23(12-10-14)13-15-5-1-3-7-17(15)21/h1-8,14H,9-13H2,(H,22,24). The normalized spacial score (nSPS) is 16.1. The number of amides is 1. The van der Waals surface area contributed by atoms with Gasteiger partial charge in [-0.1, -0.05) is 41.9 Å². The smallest absolute Gasteiger partial charge is 0.227 e. The van der Waals surface area contributed by atoms with E-state index in [0.717, 1.165) is 53.2 Å². The van der Waals surface area contributed by atoms with Crippen LogP contribution >= 0.6 is 27.5 Å². The number of nitrogens with zero attached hydrogens (tertiary/aromatic N) is 1. The minimum atomic E-state index is 0.0691. The van der Waals surface area contributed by atoms with E-state index >= 15 is 0 Å². The van der Waals surface area contributed by atoms with Crippen molar-refractivity contribution in [2.45, 2.75) is 19.4 Å². The predicted molar refractivity (Wildman–Crippen MR) is 102 cm³/mol. The second-order valence-corrected chi connectivity index (χ2v) is 7.37. The Morgan fingerprint density at radius 2 is 1.79 bits per heavy atom. The Morgan fingerprint density at radius 3 is 2.50 bits per heavy atom. The van der Waals surface area contributed by atoms with Crippen LogP contribution in [0.15, 0.2) is 53.0 Å². The zero-order valence-electron chi connectivity index (χ0n) is 13.3. The lowest BCUT2D eigenvalue weighted by Crippen LogP contribution is -2.37. The highest BCUT2D eigenvalue weighted by Crippen LogP contribution is 2.25. The van der Waals surface area contributed by atoms with Crippen molar-refractivity contribution in [2.75, 3.05) is 18.4 Å². The number of nitrogens with one attached hydrogen (secondary N) is 1. The molecule has 5 heteroatoms. The van der Waals surface area contributed by atoms with E-state index in [9.17, 15) is 4.79 Å². The van der Waals surface area contributed by atoms with Gasteiger partial charge in [0.15, 0.2) is 0 Å². The van der Waals surface area contributed by atoms with E-state index in [1.807, 2.05) is 42.5 Å². The molecular weight excluding hydrogens is 388 g/mol. The molecule has 3 rings (SSSR count). The maximum absolute atomic E-state index is 12.5. The molecule has 0 radical (unpaired) electrons. The van der Waals surface area contributed by atoms with Gasteiger partial charge in [0.25, 0.3) is 0 Å². The molecule has 0 atom stereocenters. The topological polar surface area (TPSA) is 32.3 Å². The van der Waals surface area contributed by atoms with Gasteiger partial charge in [0.1, 0.15) is 0 Å². The Hall–Kier alpha value is -1.36. The van der Waals surface area contributed by atoms with Gasteiger partial charge in [0.05, 0.1) is 5.69 Å². The lowest BCUT2D eigenvalue weighted by molar-refractivity contribution is -0.121. The zero-order chi connectivity index (χ0) is 16.9. The monoisotopic (exact) mass is 406 g/mol. The quantitative estimate of drug-likeness (QED) is 0.777. The van der Waals surface area contributed by atoms with E-state index in [2.05, 4.69) is 32.2 Å².